The Hall–Kier alpha value is -1.78. The predicted octanol–water partition coefficient (Wildman–Crippen LogP) is 0.617. The molecular weight excluding hydrogens is 192 g/mol. The maximum atomic E-state index is 11.7. The zero-order valence-corrected chi connectivity index (χ0v) is 9.29. The van der Waals surface area contributed by atoms with Gasteiger partial charge in [-0.1, -0.05) is 12.2 Å². The zero-order chi connectivity index (χ0) is 11.6. The van der Waals surface area contributed by atoms with Gasteiger partial charge >= 0.3 is 0 Å². The standard InChI is InChI=1S/C10H16N4O/c1-6(2)5-12-10(15)9-8(11)7(3)13-14(9)4/h1,5,11H2,2-4H3,(H,12,15). The van der Waals surface area contributed by atoms with Crippen molar-refractivity contribution in [3.8, 4) is 0 Å². The fourth-order valence-corrected chi connectivity index (χ4v) is 1.26. The molecular formula is C10H16N4O. The topological polar surface area (TPSA) is 72.9 Å². The minimum Gasteiger partial charge on any atom is -0.395 e. The lowest BCUT2D eigenvalue weighted by molar-refractivity contribution is 0.0948. The van der Waals surface area contributed by atoms with Crippen LogP contribution in [0.3, 0.4) is 0 Å². The molecule has 5 nitrogen and oxygen atoms in total. The molecule has 0 unspecified atom stereocenters. The minimum absolute atomic E-state index is 0.224. The molecule has 0 aromatic carbocycles. The number of hydrogen-bond acceptors (Lipinski definition) is 3. The molecule has 15 heavy (non-hydrogen) atoms. The van der Waals surface area contributed by atoms with Crippen molar-refractivity contribution in [1.82, 2.24) is 15.1 Å². The fraction of sp³-hybridized carbons (Fsp3) is 0.400. The number of amides is 1. The van der Waals surface area contributed by atoms with Crippen molar-refractivity contribution >= 4 is 11.6 Å². The van der Waals surface area contributed by atoms with Gasteiger partial charge in [0.05, 0.1) is 11.4 Å². The Labute approximate surface area is 89.0 Å². The van der Waals surface area contributed by atoms with E-state index in [9.17, 15) is 4.79 Å². The van der Waals surface area contributed by atoms with Crippen molar-refractivity contribution in [3.05, 3.63) is 23.5 Å². The largest absolute Gasteiger partial charge is 0.395 e. The summed E-state index contributed by atoms with van der Waals surface area (Å²) in [6.45, 7) is 7.76. The van der Waals surface area contributed by atoms with Gasteiger partial charge in [-0.15, -0.1) is 0 Å². The summed E-state index contributed by atoms with van der Waals surface area (Å²) in [4.78, 5) is 11.7. The first-order chi connectivity index (χ1) is 6.93. The predicted molar refractivity (Wildman–Crippen MR) is 59.5 cm³/mol. The highest BCUT2D eigenvalue weighted by Gasteiger charge is 2.16. The van der Waals surface area contributed by atoms with Crippen molar-refractivity contribution < 1.29 is 4.79 Å². The van der Waals surface area contributed by atoms with E-state index in [0.717, 1.165) is 5.57 Å². The molecule has 5 heteroatoms. The first-order valence-corrected chi connectivity index (χ1v) is 4.65. The Morgan fingerprint density at radius 2 is 2.27 bits per heavy atom. The van der Waals surface area contributed by atoms with Crippen LogP contribution in [0.2, 0.25) is 0 Å². The van der Waals surface area contributed by atoms with Gasteiger partial charge in [0, 0.05) is 13.6 Å². The van der Waals surface area contributed by atoms with Gasteiger partial charge in [0.1, 0.15) is 5.69 Å². The molecule has 1 amide bonds. The number of aromatic nitrogens is 2. The number of rotatable bonds is 3. The number of nitrogens with one attached hydrogen (secondary N) is 1. The van der Waals surface area contributed by atoms with Crippen LogP contribution < -0.4 is 11.1 Å². The maximum absolute atomic E-state index is 11.7. The van der Waals surface area contributed by atoms with E-state index >= 15 is 0 Å². The van der Waals surface area contributed by atoms with Crippen molar-refractivity contribution in [3.63, 3.8) is 0 Å². The molecule has 3 N–H and O–H groups in total. The van der Waals surface area contributed by atoms with Crippen molar-refractivity contribution in [2.75, 3.05) is 12.3 Å². The Morgan fingerprint density at radius 3 is 2.67 bits per heavy atom. The van der Waals surface area contributed by atoms with E-state index in [-0.39, 0.29) is 5.91 Å². The first kappa shape index (κ1) is 11.3. The van der Waals surface area contributed by atoms with Gasteiger partial charge in [0.25, 0.3) is 5.91 Å². The van der Waals surface area contributed by atoms with Gasteiger partial charge in [-0.05, 0) is 13.8 Å². The SMILES string of the molecule is C=C(C)CNC(=O)c1c(N)c(C)nn1C. The molecule has 0 aliphatic rings. The molecule has 1 rings (SSSR count). The Balaban J connectivity index is 2.86. The van der Waals surface area contributed by atoms with Crippen LogP contribution in [-0.2, 0) is 7.05 Å². The summed E-state index contributed by atoms with van der Waals surface area (Å²) in [6, 6.07) is 0. The van der Waals surface area contributed by atoms with E-state index in [1.54, 1.807) is 14.0 Å². The van der Waals surface area contributed by atoms with Crippen LogP contribution in [0.15, 0.2) is 12.2 Å². The lowest BCUT2D eigenvalue weighted by atomic mass is 10.3. The second-order valence-corrected chi connectivity index (χ2v) is 3.61. The monoisotopic (exact) mass is 208 g/mol. The van der Waals surface area contributed by atoms with Gasteiger partial charge in [-0.2, -0.15) is 5.10 Å². The zero-order valence-electron chi connectivity index (χ0n) is 9.29. The quantitative estimate of drug-likeness (QED) is 0.715. The molecule has 0 bridgehead atoms. The molecule has 1 aromatic rings. The Kier molecular flexibility index (Phi) is 3.14. The molecule has 0 spiro atoms. The van der Waals surface area contributed by atoms with Crippen LogP contribution in [0.1, 0.15) is 23.1 Å². The van der Waals surface area contributed by atoms with Crippen LogP contribution in [0, 0.1) is 6.92 Å². The molecule has 0 atom stereocenters. The number of hydrogen-bond donors (Lipinski definition) is 2. The summed E-state index contributed by atoms with van der Waals surface area (Å²) in [5.41, 5.74) is 8.12. The number of nitrogens with two attached hydrogens (primary N) is 1. The summed E-state index contributed by atoms with van der Waals surface area (Å²) >= 11 is 0. The molecule has 0 radical (unpaired) electrons. The highest BCUT2D eigenvalue weighted by molar-refractivity contribution is 5.98. The third-order valence-electron chi connectivity index (χ3n) is 2.03. The van der Waals surface area contributed by atoms with E-state index in [0.29, 0.717) is 23.6 Å². The Bertz CT molecular complexity index is 406. The van der Waals surface area contributed by atoms with Crippen molar-refractivity contribution in [2.45, 2.75) is 13.8 Å². The normalized spacial score (nSPS) is 10.1. The van der Waals surface area contributed by atoms with Crippen LogP contribution >= 0.6 is 0 Å². The molecule has 0 saturated heterocycles. The molecule has 0 aliphatic heterocycles. The van der Waals surface area contributed by atoms with Gasteiger partial charge in [0.2, 0.25) is 0 Å². The smallest absolute Gasteiger partial charge is 0.271 e. The van der Waals surface area contributed by atoms with Crippen LogP contribution in [-0.4, -0.2) is 22.2 Å². The van der Waals surface area contributed by atoms with E-state index < -0.39 is 0 Å². The van der Waals surface area contributed by atoms with Gasteiger partial charge < -0.3 is 11.1 Å². The molecule has 82 valence electrons. The number of aryl methyl sites for hydroxylation is 2. The third kappa shape index (κ3) is 2.37. The van der Waals surface area contributed by atoms with Crippen molar-refractivity contribution in [1.29, 1.82) is 0 Å². The minimum atomic E-state index is -0.224. The summed E-state index contributed by atoms with van der Waals surface area (Å²) in [6.07, 6.45) is 0. The highest BCUT2D eigenvalue weighted by atomic mass is 16.2. The fourth-order valence-electron chi connectivity index (χ4n) is 1.26. The van der Waals surface area contributed by atoms with Crippen LogP contribution in [0.5, 0.6) is 0 Å². The van der Waals surface area contributed by atoms with E-state index in [1.165, 1.54) is 4.68 Å². The average molecular weight is 208 g/mol. The highest BCUT2D eigenvalue weighted by Crippen LogP contribution is 2.14. The Morgan fingerprint density at radius 1 is 1.67 bits per heavy atom. The number of anilines is 1. The summed E-state index contributed by atoms with van der Waals surface area (Å²) in [5.74, 6) is -0.224. The summed E-state index contributed by atoms with van der Waals surface area (Å²) < 4.78 is 1.48. The molecule has 1 heterocycles. The second-order valence-electron chi connectivity index (χ2n) is 3.61. The van der Waals surface area contributed by atoms with E-state index in [1.807, 2.05) is 6.92 Å². The molecule has 1 aromatic heterocycles. The average Bonchev–Trinajstić information content (AvgIpc) is 2.37. The molecule has 0 saturated carbocycles. The molecule has 0 fully saturated rings. The van der Waals surface area contributed by atoms with Crippen LogP contribution in [0.25, 0.3) is 0 Å². The number of nitrogens with zero attached hydrogens (tertiary/aromatic N) is 2. The molecule has 0 aliphatic carbocycles. The second kappa shape index (κ2) is 4.16. The van der Waals surface area contributed by atoms with Gasteiger partial charge in [-0.3, -0.25) is 9.48 Å². The lowest BCUT2D eigenvalue weighted by Crippen LogP contribution is -2.27. The number of carbonyl (C=O) groups is 1. The first-order valence-electron chi connectivity index (χ1n) is 4.65. The van der Waals surface area contributed by atoms with E-state index in [4.69, 9.17) is 5.73 Å². The number of carbonyl (C=O) groups excluding carboxylic acids is 1. The van der Waals surface area contributed by atoms with Crippen molar-refractivity contribution in [2.24, 2.45) is 7.05 Å². The lowest BCUT2D eigenvalue weighted by Gasteiger charge is -2.05. The van der Waals surface area contributed by atoms with Gasteiger partial charge in [0.15, 0.2) is 0 Å². The number of nitrogen functional groups attached to an aromatic ring is 1. The van der Waals surface area contributed by atoms with E-state index in [2.05, 4.69) is 17.0 Å². The van der Waals surface area contributed by atoms with Gasteiger partial charge in [-0.25, -0.2) is 0 Å². The maximum Gasteiger partial charge on any atom is 0.271 e. The summed E-state index contributed by atoms with van der Waals surface area (Å²) in [5, 5.41) is 6.78. The van der Waals surface area contributed by atoms with Crippen LogP contribution in [0.4, 0.5) is 5.69 Å². The summed E-state index contributed by atoms with van der Waals surface area (Å²) in [7, 11) is 1.69. The third-order valence-corrected chi connectivity index (χ3v) is 2.03.